The van der Waals surface area contributed by atoms with Crippen LogP contribution in [0.15, 0.2) is 189 Å². The van der Waals surface area contributed by atoms with E-state index in [9.17, 15) is 0 Å². The third-order valence-corrected chi connectivity index (χ3v) is 20.4. The van der Waals surface area contributed by atoms with Gasteiger partial charge in [-0.15, -0.1) is 0 Å². The molecule has 8 aromatic carbocycles. The molecular formula is C76H61B3N6+2. The highest BCUT2D eigenvalue weighted by atomic mass is 14.9. The third-order valence-electron chi connectivity index (χ3n) is 20.4. The number of fused-ring (bicyclic) bond motifs is 20. The van der Waals surface area contributed by atoms with Gasteiger partial charge in [0.15, 0.2) is 23.6 Å². The van der Waals surface area contributed by atoms with Crippen LogP contribution in [-0.4, -0.2) is 40.1 Å². The van der Waals surface area contributed by atoms with Crippen molar-refractivity contribution in [1.82, 2.24) is 19.9 Å². The Morgan fingerprint density at radius 3 is 1.38 bits per heavy atom. The van der Waals surface area contributed by atoms with Gasteiger partial charge in [-0.2, -0.15) is 0 Å². The van der Waals surface area contributed by atoms with E-state index in [0.717, 1.165) is 38.5 Å². The Balaban J connectivity index is 0.000000100. The lowest BCUT2D eigenvalue weighted by Crippen LogP contribution is -2.75. The first-order chi connectivity index (χ1) is 41.6. The Labute approximate surface area is 497 Å². The molecule has 13 aromatic rings. The van der Waals surface area contributed by atoms with Crippen molar-refractivity contribution in [2.24, 2.45) is 14.1 Å². The summed E-state index contributed by atoms with van der Waals surface area (Å²) in [5.41, 5.74) is 35.5. The number of aryl methyl sites for hydroxylation is 6. The number of benzene rings is 8. The van der Waals surface area contributed by atoms with E-state index in [4.69, 9.17) is 9.97 Å². The number of pyridine rings is 4. The third kappa shape index (κ3) is 7.54. The molecule has 402 valence electrons. The van der Waals surface area contributed by atoms with Crippen molar-refractivity contribution in [3.05, 3.63) is 278 Å². The number of nitrogens with zero attached hydrogens (tertiary/aromatic N) is 6. The number of hydrogen-bond acceptors (Lipinski definition) is 4. The molecule has 0 saturated carbocycles. The normalized spacial score (nSPS) is 13.9. The zero-order chi connectivity index (χ0) is 56.9. The van der Waals surface area contributed by atoms with E-state index in [0.29, 0.717) is 6.71 Å². The van der Waals surface area contributed by atoms with Gasteiger partial charge in [0.25, 0.3) is 0 Å². The molecule has 19 rings (SSSR count). The Morgan fingerprint density at radius 2 is 0.800 bits per heavy atom. The molecule has 0 spiro atoms. The van der Waals surface area contributed by atoms with E-state index in [1.807, 2.05) is 0 Å². The maximum absolute atomic E-state index is 4.74. The minimum Gasteiger partial charge on any atom is -0.264 e. The first-order valence-electron chi connectivity index (χ1n) is 30.4. The molecule has 0 amide bonds. The van der Waals surface area contributed by atoms with Crippen molar-refractivity contribution in [1.29, 1.82) is 0 Å². The molecule has 0 fully saturated rings. The quantitative estimate of drug-likeness (QED) is 0.120. The molecular weight excluding hydrogens is 1030 g/mol. The first kappa shape index (κ1) is 50.2. The average Bonchev–Trinajstić information content (AvgIpc) is 1.08. The average molecular weight is 1090 g/mol. The van der Waals surface area contributed by atoms with Crippen LogP contribution < -0.4 is 58.6 Å². The fourth-order valence-electron chi connectivity index (χ4n) is 17.1. The van der Waals surface area contributed by atoms with Gasteiger partial charge in [0.05, 0.1) is 0 Å². The monoisotopic (exact) mass is 1090 g/mol. The Morgan fingerprint density at radius 1 is 0.341 bits per heavy atom. The lowest BCUT2D eigenvalue weighted by atomic mass is 9.29. The molecule has 6 nitrogen and oxygen atoms in total. The molecule has 9 heteroatoms. The van der Waals surface area contributed by atoms with Gasteiger partial charge in [-0.05, 0) is 146 Å². The molecule has 0 saturated heterocycles. The summed E-state index contributed by atoms with van der Waals surface area (Å²) < 4.78 is 4.68. The maximum atomic E-state index is 4.74. The largest absolute Gasteiger partial charge is 0.407 e. The predicted octanol–water partition coefficient (Wildman–Crippen LogP) is 7.11. The highest BCUT2D eigenvalue weighted by Crippen LogP contribution is 2.33. The SMILES string of the molecule is C[n+]1cccc2c1B1c3c(cncc3Cc3c1[n+](C)cc1ccccc31)C2.Cc1cc2ccccc2c2c1B1c3c(cncc3Cc3c1c(C)cc1ccccc31)C2.Cc1cccc2c1B1c3c(ncnc3Cc3c1c(C)cc1ccccc31)C2. The molecule has 6 aliphatic rings. The van der Waals surface area contributed by atoms with Crippen molar-refractivity contribution in [3.8, 4) is 0 Å². The fourth-order valence-corrected chi connectivity index (χ4v) is 17.1. The molecule has 0 N–H and O–H groups in total. The van der Waals surface area contributed by atoms with Crippen molar-refractivity contribution in [2.45, 2.75) is 66.2 Å². The maximum Gasteiger partial charge on any atom is 0.407 e. The second-order valence-electron chi connectivity index (χ2n) is 25.1. The van der Waals surface area contributed by atoms with E-state index in [1.165, 1.54) is 182 Å². The molecule has 0 unspecified atom stereocenters. The van der Waals surface area contributed by atoms with Gasteiger partial charge in [-0.25, -0.2) is 19.1 Å². The smallest absolute Gasteiger partial charge is 0.264 e. The van der Waals surface area contributed by atoms with Crippen molar-refractivity contribution in [3.63, 3.8) is 0 Å². The summed E-state index contributed by atoms with van der Waals surface area (Å²) in [5.74, 6) is 0. The topological polar surface area (TPSA) is 59.3 Å². The highest BCUT2D eigenvalue weighted by molar-refractivity contribution is 6.99. The zero-order valence-electron chi connectivity index (χ0n) is 49.1. The Kier molecular flexibility index (Phi) is 11.3. The summed E-state index contributed by atoms with van der Waals surface area (Å²) in [7, 11) is 4.38. The highest BCUT2D eigenvalue weighted by Gasteiger charge is 2.49. The number of aromatic nitrogens is 6. The molecule has 0 aliphatic carbocycles. The number of hydrogen-bond donors (Lipinski definition) is 0. The summed E-state index contributed by atoms with van der Waals surface area (Å²) in [4.78, 5) is 18.7. The fraction of sp³-hybridized carbons (Fsp3) is 0.158. The van der Waals surface area contributed by atoms with Crippen LogP contribution in [0.1, 0.15) is 89.3 Å². The van der Waals surface area contributed by atoms with Crippen LogP contribution in [0.2, 0.25) is 0 Å². The van der Waals surface area contributed by atoms with Gasteiger partial charge in [-0.1, -0.05) is 177 Å². The second kappa shape index (κ2) is 19.1. The minimum atomic E-state index is 0.259. The Bertz CT molecular complexity index is 4740. The Hall–Kier alpha value is -9.33. The van der Waals surface area contributed by atoms with Gasteiger partial charge in [-0.3, -0.25) is 9.97 Å². The molecule has 11 heterocycles. The van der Waals surface area contributed by atoms with Crippen molar-refractivity contribution < 1.29 is 9.13 Å². The van der Waals surface area contributed by atoms with Crippen LogP contribution in [0.3, 0.4) is 0 Å². The molecule has 5 aromatic heterocycles. The van der Waals surface area contributed by atoms with E-state index in [2.05, 4.69) is 244 Å². The first-order valence-corrected chi connectivity index (χ1v) is 30.4. The van der Waals surface area contributed by atoms with Gasteiger partial charge >= 0.3 is 6.71 Å². The van der Waals surface area contributed by atoms with Gasteiger partial charge < -0.3 is 0 Å². The summed E-state index contributed by atoms with van der Waals surface area (Å²) >= 11 is 0. The van der Waals surface area contributed by atoms with E-state index < -0.39 is 0 Å². The molecule has 85 heavy (non-hydrogen) atoms. The van der Waals surface area contributed by atoms with Crippen molar-refractivity contribution >= 4 is 113 Å². The van der Waals surface area contributed by atoms with Gasteiger partial charge in [0.2, 0.25) is 13.4 Å². The van der Waals surface area contributed by atoms with Gasteiger partial charge in [0, 0.05) is 84.4 Å². The van der Waals surface area contributed by atoms with Gasteiger partial charge in [0.1, 0.15) is 20.4 Å². The van der Waals surface area contributed by atoms with Crippen LogP contribution in [0.4, 0.5) is 0 Å². The van der Waals surface area contributed by atoms with Crippen molar-refractivity contribution in [2.75, 3.05) is 0 Å². The molecule has 0 radical (unpaired) electrons. The molecule has 0 atom stereocenters. The summed E-state index contributed by atoms with van der Waals surface area (Å²) in [6.07, 6.45) is 20.3. The predicted molar refractivity (Wildman–Crippen MR) is 351 cm³/mol. The molecule has 6 aliphatic heterocycles. The molecule has 0 bridgehead atoms. The second-order valence-corrected chi connectivity index (χ2v) is 25.1. The van der Waals surface area contributed by atoms with Crippen LogP contribution in [0.25, 0.3) is 43.1 Å². The standard InChI is InChI=1S/C29H22BN.C24H19BN2.C23H20BN3/c1-17-11-19-7-3-5-9-23(19)25-13-21-15-31-16-22-14-26-24-10-6-4-8-20(24)12-18(2)28(26)30(27(17)25)29(21)22;1-14-6-5-8-17-11-20-24-21(27-13-26-20)12-19-18-9-4-3-7-16(18)10-15(2)23(19)25(24)22(14)17;1-26-9-5-7-15-10-17-12-25-13-18-11-20-19-8-4-3-6-16(19)14-27(2)23(20)24(21(17)18)22(15)26/h3-12,15-16H,13-14H2,1-2H3;3-10,13H,11-12H2,1-2H3;3-9,12-14H,10-11H2,1-2H3/q;;+2. The van der Waals surface area contributed by atoms with E-state index in [1.54, 1.807) is 6.33 Å². The zero-order valence-corrected chi connectivity index (χ0v) is 49.1. The lowest BCUT2D eigenvalue weighted by Gasteiger charge is -2.36. The van der Waals surface area contributed by atoms with Crippen LogP contribution in [0, 0.1) is 27.7 Å². The summed E-state index contributed by atoms with van der Waals surface area (Å²) in [5, 5.41) is 10.8. The van der Waals surface area contributed by atoms with E-state index >= 15 is 0 Å². The lowest BCUT2D eigenvalue weighted by molar-refractivity contribution is -0.658. The summed E-state index contributed by atoms with van der Waals surface area (Å²) in [6.45, 7) is 9.96. The van der Waals surface area contributed by atoms with Crippen LogP contribution >= 0.6 is 0 Å². The summed E-state index contributed by atoms with van der Waals surface area (Å²) in [6, 6.07) is 53.6. The number of rotatable bonds is 0. The van der Waals surface area contributed by atoms with Crippen LogP contribution in [-0.2, 0) is 52.6 Å². The van der Waals surface area contributed by atoms with E-state index in [-0.39, 0.29) is 13.4 Å². The minimum absolute atomic E-state index is 0.259. The van der Waals surface area contributed by atoms with Crippen LogP contribution in [0.5, 0.6) is 0 Å².